The first-order chi connectivity index (χ1) is 13.2. The van der Waals surface area contributed by atoms with Crippen molar-refractivity contribution >= 4 is 11.7 Å². The molecule has 4 rings (SSSR count). The fourth-order valence-electron chi connectivity index (χ4n) is 3.14. The predicted molar refractivity (Wildman–Crippen MR) is 97.9 cm³/mol. The van der Waals surface area contributed by atoms with E-state index >= 15 is 0 Å². The molecular weight excluding hydrogens is 346 g/mol. The van der Waals surface area contributed by atoms with Crippen molar-refractivity contribution in [2.45, 2.75) is 32.4 Å². The number of aryl methyl sites for hydroxylation is 1. The average molecular weight is 367 g/mol. The number of hydrogen-bond donors (Lipinski definition) is 1. The van der Waals surface area contributed by atoms with Gasteiger partial charge in [-0.25, -0.2) is 4.68 Å². The monoisotopic (exact) mass is 367 g/mol. The highest BCUT2D eigenvalue weighted by Crippen LogP contribution is 2.25. The second-order valence-electron chi connectivity index (χ2n) is 6.52. The number of amides is 1. The van der Waals surface area contributed by atoms with Gasteiger partial charge in [-0.15, -0.1) is 10.2 Å². The molecule has 1 amide bonds. The van der Waals surface area contributed by atoms with Crippen molar-refractivity contribution in [3.8, 4) is 11.4 Å². The van der Waals surface area contributed by atoms with E-state index in [9.17, 15) is 4.79 Å². The van der Waals surface area contributed by atoms with Crippen molar-refractivity contribution in [3.63, 3.8) is 0 Å². The van der Waals surface area contributed by atoms with Crippen LogP contribution in [0, 0.1) is 6.92 Å². The van der Waals surface area contributed by atoms with Gasteiger partial charge < -0.3 is 10.1 Å². The van der Waals surface area contributed by atoms with Crippen molar-refractivity contribution in [3.05, 3.63) is 42.1 Å². The topological polar surface area (TPSA) is 99.8 Å². The highest BCUT2D eigenvalue weighted by Gasteiger charge is 2.21. The van der Waals surface area contributed by atoms with Crippen LogP contribution in [-0.2, 0) is 16.1 Å². The molecule has 0 aliphatic carbocycles. The molecule has 140 valence electrons. The highest BCUT2D eigenvalue weighted by atomic mass is 16.5. The lowest BCUT2D eigenvalue weighted by molar-refractivity contribution is -0.117. The number of hydrogen-bond acceptors (Lipinski definition) is 6. The number of carbonyl (C=O) groups is 1. The number of anilines is 1. The maximum Gasteiger partial charge on any atom is 0.249 e. The van der Waals surface area contributed by atoms with E-state index < -0.39 is 0 Å². The molecule has 1 aliphatic heterocycles. The van der Waals surface area contributed by atoms with Gasteiger partial charge in [0.2, 0.25) is 11.7 Å². The standard InChI is InChI=1S/C18H21N7O2/c1-13-11-16(25(21-13)15-7-9-27-10-8-15)19-17(26)12-24-22-18(20-23-24)14-5-3-2-4-6-14/h2-6,11,15H,7-10,12H2,1H3,(H,19,26). The van der Waals surface area contributed by atoms with Gasteiger partial charge in [-0.05, 0) is 25.0 Å². The van der Waals surface area contributed by atoms with Crippen molar-refractivity contribution in [2.75, 3.05) is 18.5 Å². The van der Waals surface area contributed by atoms with E-state index in [0.29, 0.717) is 24.9 Å². The number of benzene rings is 1. The van der Waals surface area contributed by atoms with Crippen LogP contribution in [0.4, 0.5) is 5.82 Å². The van der Waals surface area contributed by atoms with E-state index in [1.54, 1.807) is 0 Å². The van der Waals surface area contributed by atoms with E-state index in [-0.39, 0.29) is 18.5 Å². The van der Waals surface area contributed by atoms with Crippen LogP contribution in [0.5, 0.6) is 0 Å². The summed E-state index contributed by atoms with van der Waals surface area (Å²) in [7, 11) is 0. The minimum Gasteiger partial charge on any atom is -0.381 e. The Morgan fingerprint density at radius 2 is 2.00 bits per heavy atom. The predicted octanol–water partition coefficient (Wildman–Crippen LogP) is 1.84. The van der Waals surface area contributed by atoms with Crippen molar-refractivity contribution in [2.24, 2.45) is 0 Å². The molecule has 27 heavy (non-hydrogen) atoms. The lowest BCUT2D eigenvalue weighted by Gasteiger charge is -2.24. The second-order valence-corrected chi connectivity index (χ2v) is 6.52. The van der Waals surface area contributed by atoms with E-state index in [0.717, 1.165) is 24.1 Å². The van der Waals surface area contributed by atoms with E-state index in [2.05, 4.69) is 25.8 Å². The van der Waals surface area contributed by atoms with Crippen LogP contribution < -0.4 is 5.32 Å². The minimum atomic E-state index is -0.222. The Morgan fingerprint density at radius 3 is 2.78 bits per heavy atom. The molecule has 2 aromatic heterocycles. The van der Waals surface area contributed by atoms with Crippen molar-refractivity contribution < 1.29 is 9.53 Å². The summed E-state index contributed by atoms with van der Waals surface area (Å²) in [6.07, 6.45) is 1.77. The maximum absolute atomic E-state index is 12.5. The second kappa shape index (κ2) is 7.67. The number of nitrogens with zero attached hydrogens (tertiary/aromatic N) is 6. The Morgan fingerprint density at radius 1 is 1.22 bits per heavy atom. The highest BCUT2D eigenvalue weighted by molar-refractivity contribution is 5.89. The maximum atomic E-state index is 12.5. The molecule has 0 bridgehead atoms. The third-order valence-electron chi connectivity index (χ3n) is 4.43. The number of tetrazole rings is 1. The number of carbonyl (C=O) groups excluding carboxylic acids is 1. The van der Waals surface area contributed by atoms with Gasteiger partial charge in [0.25, 0.3) is 0 Å². The summed E-state index contributed by atoms with van der Waals surface area (Å²) in [5, 5.41) is 19.7. The molecule has 1 aliphatic rings. The molecular formula is C18H21N7O2. The van der Waals surface area contributed by atoms with E-state index in [1.165, 1.54) is 4.80 Å². The molecule has 9 heteroatoms. The zero-order valence-corrected chi connectivity index (χ0v) is 15.1. The summed E-state index contributed by atoms with van der Waals surface area (Å²) in [5.74, 6) is 0.958. The Balaban J connectivity index is 1.44. The van der Waals surface area contributed by atoms with Gasteiger partial charge >= 0.3 is 0 Å². The molecule has 0 atom stereocenters. The largest absolute Gasteiger partial charge is 0.381 e. The summed E-state index contributed by atoms with van der Waals surface area (Å²) < 4.78 is 7.30. The summed E-state index contributed by atoms with van der Waals surface area (Å²) in [6.45, 7) is 3.32. The summed E-state index contributed by atoms with van der Waals surface area (Å²) in [6, 6.07) is 11.6. The Bertz CT molecular complexity index is 913. The Kier molecular flexibility index (Phi) is 4.93. The SMILES string of the molecule is Cc1cc(NC(=O)Cn2nnc(-c3ccccc3)n2)n(C2CCOCC2)n1. The molecule has 0 radical (unpaired) electrons. The van der Waals surface area contributed by atoms with Crippen LogP contribution in [0.3, 0.4) is 0 Å². The minimum absolute atomic E-state index is 0.0160. The summed E-state index contributed by atoms with van der Waals surface area (Å²) >= 11 is 0. The van der Waals surface area contributed by atoms with Crippen LogP contribution in [0.1, 0.15) is 24.6 Å². The van der Waals surface area contributed by atoms with Crippen LogP contribution in [0.25, 0.3) is 11.4 Å². The first-order valence-electron chi connectivity index (χ1n) is 8.96. The number of nitrogens with one attached hydrogen (secondary N) is 1. The van der Waals surface area contributed by atoms with Gasteiger partial charge in [0.05, 0.1) is 11.7 Å². The fourth-order valence-corrected chi connectivity index (χ4v) is 3.14. The molecule has 9 nitrogen and oxygen atoms in total. The quantitative estimate of drug-likeness (QED) is 0.739. The van der Waals surface area contributed by atoms with Gasteiger partial charge in [-0.2, -0.15) is 9.90 Å². The molecule has 3 heterocycles. The van der Waals surface area contributed by atoms with Crippen LogP contribution in [0.15, 0.2) is 36.4 Å². The molecule has 0 unspecified atom stereocenters. The Hall–Kier alpha value is -3.07. The zero-order chi connectivity index (χ0) is 18.6. The molecule has 1 saturated heterocycles. The van der Waals surface area contributed by atoms with Gasteiger partial charge in [-0.3, -0.25) is 4.79 Å². The zero-order valence-electron chi connectivity index (χ0n) is 15.1. The van der Waals surface area contributed by atoms with Crippen LogP contribution in [0.2, 0.25) is 0 Å². The van der Waals surface area contributed by atoms with Crippen molar-refractivity contribution in [1.29, 1.82) is 0 Å². The summed E-state index contributed by atoms with van der Waals surface area (Å²) in [5.41, 5.74) is 1.72. The summed E-state index contributed by atoms with van der Waals surface area (Å²) in [4.78, 5) is 13.8. The van der Waals surface area contributed by atoms with Gasteiger partial charge in [-0.1, -0.05) is 30.3 Å². The van der Waals surface area contributed by atoms with Crippen LogP contribution >= 0.6 is 0 Å². The number of aromatic nitrogens is 6. The van der Waals surface area contributed by atoms with Gasteiger partial charge in [0.15, 0.2) is 0 Å². The van der Waals surface area contributed by atoms with Gasteiger partial charge in [0.1, 0.15) is 12.4 Å². The molecule has 0 saturated carbocycles. The fraction of sp³-hybridized carbons (Fsp3) is 0.389. The lowest BCUT2D eigenvalue weighted by atomic mass is 10.1. The first-order valence-corrected chi connectivity index (χ1v) is 8.96. The van der Waals surface area contributed by atoms with Crippen LogP contribution in [-0.4, -0.2) is 49.1 Å². The number of ether oxygens (including phenoxy) is 1. The molecule has 1 N–H and O–H groups in total. The third kappa shape index (κ3) is 4.03. The first kappa shape index (κ1) is 17.3. The smallest absolute Gasteiger partial charge is 0.249 e. The number of rotatable bonds is 5. The van der Waals surface area contributed by atoms with E-state index in [1.807, 2.05) is 48.0 Å². The lowest BCUT2D eigenvalue weighted by Crippen LogP contribution is -2.25. The third-order valence-corrected chi connectivity index (χ3v) is 4.43. The normalized spacial score (nSPS) is 15.0. The Labute approximate surface area is 156 Å². The molecule has 1 aromatic carbocycles. The van der Waals surface area contributed by atoms with Crippen molar-refractivity contribution in [1.82, 2.24) is 30.0 Å². The molecule has 0 spiro atoms. The van der Waals surface area contributed by atoms with Gasteiger partial charge in [0, 0.05) is 24.8 Å². The average Bonchev–Trinajstić information content (AvgIpc) is 3.29. The van der Waals surface area contributed by atoms with E-state index in [4.69, 9.17) is 4.74 Å². The molecule has 3 aromatic rings. The molecule has 1 fully saturated rings.